The van der Waals surface area contributed by atoms with Gasteiger partial charge in [-0.2, -0.15) is 0 Å². The van der Waals surface area contributed by atoms with Crippen molar-refractivity contribution >= 4 is 17.4 Å². The Balaban J connectivity index is 2.19. The molecular weight excluding hydrogens is 266 g/mol. The van der Waals surface area contributed by atoms with Crippen LogP contribution in [-0.2, 0) is 0 Å². The normalized spacial score (nSPS) is 10.1. The Morgan fingerprint density at radius 3 is 2.57 bits per heavy atom. The van der Waals surface area contributed by atoms with Crippen LogP contribution in [0.4, 0.5) is 11.5 Å². The molecule has 2 aromatic rings. The number of nitrogens with zero attached hydrogens (tertiary/aromatic N) is 2. The maximum atomic E-state index is 12.3. The molecule has 5 nitrogen and oxygen atoms in total. The van der Waals surface area contributed by atoms with E-state index in [0.717, 1.165) is 11.4 Å². The van der Waals surface area contributed by atoms with Crippen LogP contribution < -0.4 is 15.0 Å². The number of anilines is 2. The molecule has 1 amide bonds. The molecule has 110 valence electrons. The second kappa shape index (κ2) is 6.26. The summed E-state index contributed by atoms with van der Waals surface area (Å²) < 4.78 is 5.25. The summed E-state index contributed by atoms with van der Waals surface area (Å²) in [5.74, 6) is 1.23. The Bertz CT molecular complexity index is 636. The van der Waals surface area contributed by atoms with Gasteiger partial charge in [-0.05, 0) is 36.8 Å². The lowest BCUT2D eigenvalue weighted by molar-refractivity contribution is 0.102. The van der Waals surface area contributed by atoms with Crippen molar-refractivity contribution in [3.05, 3.63) is 47.7 Å². The van der Waals surface area contributed by atoms with Crippen molar-refractivity contribution in [2.75, 3.05) is 31.4 Å². The van der Waals surface area contributed by atoms with Gasteiger partial charge in [0.05, 0.1) is 18.4 Å². The summed E-state index contributed by atoms with van der Waals surface area (Å²) in [6.45, 7) is 1.96. The van der Waals surface area contributed by atoms with E-state index in [1.165, 1.54) is 0 Å². The summed E-state index contributed by atoms with van der Waals surface area (Å²) in [4.78, 5) is 18.4. The largest absolute Gasteiger partial charge is 0.495 e. The molecule has 0 saturated carbocycles. The predicted molar refractivity (Wildman–Crippen MR) is 84.2 cm³/mol. The smallest absolute Gasteiger partial charge is 0.257 e. The molecule has 1 heterocycles. The molecule has 1 aromatic carbocycles. The van der Waals surface area contributed by atoms with Crippen LogP contribution >= 0.6 is 0 Å². The molecule has 5 heteroatoms. The van der Waals surface area contributed by atoms with E-state index in [2.05, 4.69) is 10.3 Å². The van der Waals surface area contributed by atoms with Gasteiger partial charge in [0.1, 0.15) is 11.6 Å². The van der Waals surface area contributed by atoms with Gasteiger partial charge in [-0.3, -0.25) is 4.79 Å². The van der Waals surface area contributed by atoms with E-state index < -0.39 is 0 Å². The summed E-state index contributed by atoms with van der Waals surface area (Å²) >= 11 is 0. The third kappa shape index (κ3) is 3.51. The van der Waals surface area contributed by atoms with Gasteiger partial charge >= 0.3 is 0 Å². The second-order valence-electron chi connectivity index (χ2n) is 4.96. The van der Waals surface area contributed by atoms with Crippen molar-refractivity contribution in [3.8, 4) is 5.75 Å². The number of carbonyl (C=O) groups is 1. The van der Waals surface area contributed by atoms with Crippen LogP contribution in [-0.4, -0.2) is 32.1 Å². The van der Waals surface area contributed by atoms with E-state index in [4.69, 9.17) is 4.74 Å². The summed E-state index contributed by atoms with van der Waals surface area (Å²) in [5, 5.41) is 2.85. The van der Waals surface area contributed by atoms with Gasteiger partial charge in [0.25, 0.3) is 5.91 Å². The number of aryl methyl sites for hydroxylation is 1. The zero-order chi connectivity index (χ0) is 15.4. The molecular formula is C16H19N3O2. The first-order valence-corrected chi connectivity index (χ1v) is 6.60. The zero-order valence-electron chi connectivity index (χ0n) is 12.7. The monoisotopic (exact) mass is 285 g/mol. The number of hydrogen-bond acceptors (Lipinski definition) is 4. The van der Waals surface area contributed by atoms with Gasteiger partial charge in [0.15, 0.2) is 0 Å². The van der Waals surface area contributed by atoms with Gasteiger partial charge in [-0.15, -0.1) is 0 Å². The molecule has 21 heavy (non-hydrogen) atoms. The second-order valence-corrected chi connectivity index (χ2v) is 4.96. The Morgan fingerprint density at radius 1 is 1.24 bits per heavy atom. The first-order valence-electron chi connectivity index (χ1n) is 6.60. The van der Waals surface area contributed by atoms with E-state index in [1.807, 2.05) is 50.2 Å². The van der Waals surface area contributed by atoms with Crippen LogP contribution in [0.3, 0.4) is 0 Å². The van der Waals surface area contributed by atoms with Gasteiger partial charge in [-0.1, -0.05) is 6.07 Å². The summed E-state index contributed by atoms with van der Waals surface area (Å²) in [7, 11) is 5.38. The number of methoxy groups -OCH3 is 1. The molecule has 0 radical (unpaired) electrons. The highest BCUT2D eigenvalue weighted by molar-refractivity contribution is 6.05. The number of carbonyl (C=O) groups excluding carboxylic acids is 1. The van der Waals surface area contributed by atoms with Crippen molar-refractivity contribution in [1.29, 1.82) is 0 Å². The Kier molecular flexibility index (Phi) is 4.42. The minimum absolute atomic E-state index is 0.211. The van der Waals surface area contributed by atoms with Crippen LogP contribution in [0.1, 0.15) is 15.9 Å². The minimum Gasteiger partial charge on any atom is -0.495 e. The molecule has 0 bridgehead atoms. The average Bonchev–Trinajstić information content (AvgIpc) is 2.47. The minimum atomic E-state index is -0.211. The van der Waals surface area contributed by atoms with Crippen molar-refractivity contribution in [2.45, 2.75) is 6.92 Å². The first-order chi connectivity index (χ1) is 10.0. The molecule has 0 saturated heterocycles. The number of nitrogens with one attached hydrogen (secondary N) is 1. The lowest BCUT2D eigenvalue weighted by Gasteiger charge is -2.13. The number of pyridine rings is 1. The molecule has 0 unspecified atom stereocenters. The topological polar surface area (TPSA) is 54.5 Å². The third-order valence-corrected chi connectivity index (χ3v) is 3.07. The molecule has 1 N–H and O–H groups in total. The summed E-state index contributed by atoms with van der Waals surface area (Å²) in [6, 6.07) is 9.20. The van der Waals surface area contributed by atoms with Crippen molar-refractivity contribution < 1.29 is 9.53 Å². The Labute approximate surface area is 124 Å². The van der Waals surface area contributed by atoms with Crippen molar-refractivity contribution in [1.82, 2.24) is 4.98 Å². The highest BCUT2D eigenvalue weighted by atomic mass is 16.5. The fraction of sp³-hybridized carbons (Fsp3) is 0.250. The van der Waals surface area contributed by atoms with E-state index in [9.17, 15) is 4.79 Å². The van der Waals surface area contributed by atoms with Crippen LogP contribution in [0.5, 0.6) is 5.75 Å². The molecule has 1 aromatic heterocycles. The first kappa shape index (κ1) is 14.8. The van der Waals surface area contributed by atoms with Gasteiger partial charge < -0.3 is 15.0 Å². The number of benzene rings is 1. The third-order valence-electron chi connectivity index (χ3n) is 3.07. The maximum Gasteiger partial charge on any atom is 0.257 e. The maximum absolute atomic E-state index is 12.3. The van der Waals surface area contributed by atoms with Crippen molar-refractivity contribution in [2.24, 2.45) is 0 Å². The molecule has 0 atom stereocenters. The fourth-order valence-corrected chi connectivity index (χ4v) is 1.90. The highest BCUT2D eigenvalue weighted by Crippen LogP contribution is 2.25. The molecule has 0 aliphatic carbocycles. The van der Waals surface area contributed by atoms with E-state index in [-0.39, 0.29) is 5.91 Å². The number of amides is 1. The predicted octanol–water partition coefficient (Wildman–Crippen LogP) is 2.72. The van der Waals surface area contributed by atoms with Crippen molar-refractivity contribution in [3.63, 3.8) is 0 Å². The molecule has 0 aliphatic heterocycles. The van der Waals surface area contributed by atoms with Crippen LogP contribution in [0.25, 0.3) is 0 Å². The summed E-state index contributed by atoms with van der Waals surface area (Å²) in [5.41, 5.74) is 2.20. The fourth-order valence-electron chi connectivity index (χ4n) is 1.90. The standard InChI is InChI=1S/C16H19N3O2/c1-11-5-7-14(21-4)13(9-11)18-16(20)12-6-8-15(17-10-12)19(2)3/h5-10H,1-4H3,(H,18,20). The lowest BCUT2D eigenvalue weighted by Crippen LogP contribution is -2.15. The van der Waals surface area contributed by atoms with Gasteiger partial charge in [0.2, 0.25) is 0 Å². The Morgan fingerprint density at radius 2 is 2.00 bits per heavy atom. The number of aromatic nitrogens is 1. The Hall–Kier alpha value is -2.56. The molecule has 2 rings (SSSR count). The molecule has 0 spiro atoms. The number of rotatable bonds is 4. The van der Waals surface area contributed by atoms with Gasteiger partial charge in [-0.25, -0.2) is 4.98 Å². The average molecular weight is 285 g/mol. The van der Waals surface area contributed by atoms with Crippen LogP contribution in [0.15, 0.2) is 36.5 Å². The zero-order valence-corrected chi connectivity index (χ0v) is 12.7. The SMILES string of the molecule is COc1ccc(C)cc1NC(=O)c1ccc(N(C)C)nc1. The van der Waals surface area contributed by atoms with Crippen LogP contribution in [0.2, 0.25) is 0 Å². The lowest BCUT2D eigenvalue weighted by atomic mass is 10.2. The quantitative estimate of drug-likeness (QED) is 0.938. The van der Waals surface area contributed by atoms with Gasteiger partial charge in [0, 0.05) is 20.3 Å². The van der Waals surface area contributed by atoms with E-state index in [0.29, 0.717) is 17.0 Å². The van der Waals surface area contributed by atoms with E-state index in [1.54, 1.807) is 19.4 Å². The van der Waals surface area contributed by atoms with Crippen LogP contribution in [0, 0.1) is 6.92 Å². The molecule has 0 fully saturated rings. The molecule has 0 aliphatic rings. The van der Waals surface area contributed by atoms with E-state index >= 15 is 0 Å². The number of ether oxygens (including phenoxy) is 1. The summed E-state index contributed by atoms with van der Waals surface area (Å²) in [6.07, 6.45) is 1.56. The number of hydrogen-bond donors (Lipinski definition) is 1. The highest BCUT2D eigenvalue weighted by Gasteiger charge is 2.10.